The first kappa shape index (κ1) is 21.5. The number of nitrogens with zero attached hydrogens (tertiary/aromatic N) is 5. The van der Waals surface area contributed by atoms with Crippen molar-refractivity contribution in [3.05, 3.63) is 53.7 Å². The van der Waals surface area contributed by atoms with E-state index in [0.717, 1.165) is 4.57 Å². The van der Waals surface area contributed by atoms with Crippen molar-refractivity contribution in [1.29, 1.82) is 0 Å². The van der Waals surface area contributed by atoms with E-state index in [9.17, 15) is 22.4 Å². The Morgan fingerprint density at radius 1 is 1.30 bits per heavy atom. The fraction of sp³-hybridized carbons (Fsp3) is 0.368. The van der Waals surface area contributed by atoms with Crippen molar-refractivity contribution in [2.24, 2.45) is 0 Å². The monoisotopic (exact) mass is 425 g/mol. The van der Waals surface area contributed by atoms with Gasteiger partial charge in [-0.25, -0.2) is 9.37 Å². The van der Waals surface area contributed by atoms with Crippen molar-refractivity contribution in [2.45, 2.75) is 39.0 Å². The third-order valence-electron chi connectivity index (χ3n) is 4.39. The molecule has 0 bridgehead atoms. The minimum Gasteiger partial charge on any atom is -0.339 e. The van der Waals surface area contributed by atoms with Crippen LogP contribution in [0.1, 0.15) is 23.7 Å². The lowest BCUT2D eigenvalue weighted by Crippen LogP contribution is -2.29. The number of imidazole rings is 1. The third kappa shape index (κ3) is 5.43. The molecule has 0 atom stereocenters. The number of alkyl halides is 3. The maximum Gasteiger partial charge on any atom is 0.406 e. The summed E-state index contributed by atoms with van der Waals surface area (Å²) in [6.07, 6.45) is -1.71. The second kappa shape index (κ2) is 8.64. The normalized spacial score (nSPS) is 11.7. The van der Waals surface area contributed by atoms with Crippen LogP contribution >= 0.6 is 0 Å². The fourth-order valence-corrected chi connectivity index (χ4v) is 2.79. The topological polar surface area (TPSA) is 77.0 Å². The zero-order valence-electron chi connectivity index (χ0n) is 16.3. The van der Waals surface area contributed by atoms with Gasteiger partial charge in [-0.15, -0.1) is 0 Å². The smallest absolute Gasteiger partial charge is 0.339 e. The van der Waals surface area contributed by atoms with Gasteiger partial charge in [-0.3, -0.25) is 4.79 Å². The summed E-state index contributed by atoms with van der Waals surface area (Å²) in [6, 6.07) is 4.42. The summed E-state index contributed by atoms with van der Waals surface area (Å²) in [6.45, 7) is 0.387. The highest BCUT2D eigenvalue weighted by molar-refractivity contribution is 5.75. The Balaban J connectivity index is 1.56. The first-order valence-electron chi connectivity index (χ1n) is 9.02. The molecule has 30 heavy (non-hydrogen) atoms. The van der Waals surface area contributed by atoms with Gasteiger partial charge in [-0.05, 0) is 30.7 Å². The summed E-state index contributed by atoms with van der Waals surface area (Å²) in [5.74, 6) is -0.00813. The lowest BCUT2D eigenvalue weighted by molar-refractivity contribution is -0.141. The molecule has 0 aliphatic heterocycles. The maximum absolute atomic E-state index is 13.4. The van der Waals surface area contributed by atoms with Gasteiger partial charge >= 0.3 is 6.18 Å². The Hall–Kier alpha value is -3.24. The molecular weight excluding hydrogens is 406 g/mol. The SMILES string of the molecule is Cc1cc(-c2noc(CCC(=O)N(C)Cc3nccn3CC(F)(F)F)n2)ccc1F. The molecule has 0 saturated heterocycles. The fourth-order valence-electron chi connectivity index (χ4n) is 2.79. The summed E-state index contributed by atoms with van der Waals surface area (Å²) in [7, 11) is 1.48. The highest BCUT2D eigenvalue weighted by Crippen LogP contribution is 2.20. The second-order valence-corrected chi connectivity index (χ2v) is 6.81. The maximum atomic E-state index is 13.4. The molecule has 0 fully saturated rings. The van der Waals surface area contributed by atoms with Crippen molar-refractivity contribution in [2.75, 3.05) is 7.05 Å². The van der Waals surface area contributed by atoms with Crippen LogP contribution in [0.15, 0.2) is 35.1 Å². The molecule has 3 aromatic rings. The van der Waals surface area contributed by atoms with Crippen LogP contribution in [0.4, 0.5) is 17.6 Å². The van der Waals surface area contributed by atoms with Crippen LogP contribution in [0.3, 0.4) is 0 Å². The molecule has 160 valence electrons. The predicted octanol–water partition coefficient (Wildman–Crippen LogP) is 3.53. The van der Waals surface area contributed by atoms with Crippen molar-refractivity contribution < 1.29 is 26.9 Å². The summed E-state index contributed by atoms with van der Waals surface area (Å²) in [5, 5.41) is 3.83. The summed E-state index contributed by atoms with van der Waals surface area (Å²) in [4.78, 5) is 21.7. The van der Waals surface area contributed by atoms with Gasteiger partial charge in [0, 0.05) is 37.8 Å². The van der Waals surface area contributed by atoms with E-state index >= 15 is 0 Å². The number of hydrogen-bond donors (Lipinski definition) is 0. The molecule has 3 rings (SSSR count). The molecule has 11 heteroatoms. The van der Waals surface area contributed by atoms with E-state index in [2.05, 4.69) is 15.1 Å². The van der Waals surface area contributed by atoms with Gasteiger partial charge in [0.05, 0.1) is 6.54 Å². The predicted molar refractivity (Wildman–Crippen MR) is 97.5 cm³/mol. The van der Waals surface area contributed by atoms with E-state index in [1.807, 2.05) is 0 Å². The zero-order valence-corrected chi connectivity index (χ0v) is 16.3. The van der Waals surface area contributed by atoms with Crippen LogP contribution in [0.5, 0.6) is 0 Å². The highest BCUT2D eigenvalue weighted by Gasteiger charge is 2.29. The second-order valence-electron chi connectivity index (χ2n) is 6.81. The van der Waals surface area contributed by atoms with Gasteiger partial charge in [0.25, 0.3) is 0 Å². The van der Waals surface area contributed by atoms with Gasteiger partial charge in [-0.2, -0.15) is 18.2 Å². The lowest BCUT2D eigenvalue weighted by atomic mass is 10.1. The molecule has 0 spiro atoms. The molecule has 1 aromatic carbocycles. The highest BCUT2D eigenvalue weighted by atomic mass is 19.4. The first-order chi connectivity index (χ1) is 14.1. The molecule has 0 saturated carbocycles. The molecule has 0 aliphatic rings. The first-order valence-corrected chi connectivity index (χ1v) is 9.02. The van der Waals surface area contributed by atoms with E-state index in [1.165, 1.54) is 36.5 Å². The number of rotatable bonds is 7. The summed E-state index contributed by atoms with van der Waals surface area (Å²) < 4.78 is 57.3. The largest absolute Gasteiger partial charge is 0.406 e. The molecule has 0 unspecified atom stereocenters. The number of hydrogen-bond acceptors (Lipinski definition) is 5. The Morgan fingerprint density at radius 3 is 2.77 bits per heavy atom. The summed E-state index contributed by atoms with van der Waals surface area (Å²) in [5.41, 5.74) is 1.03. The number of benzene rings is 1. The minimum absolute atomic E-state index is 0.0283. The zero-order chi connectivity index (χ0) is 21.9. The van der Waals surface area contributed by atoms with Crippen molar-refractivity contribution in [3.63, 3.8) is 0 Å². The lowest BCUT2D eigenvalue weighted by Gasteiger charge is -2.18. The number of carbonyl (C=O) groups excluding carboxylic acids is 1. The number of aryl methyl sites for hydroxylation is 2. The Bertz CT molecular complexity index is 1030. The van der Waals surface area contributed by atoms with E-state index in [-0.39, 0.29) is 48.7 Å². The third-order valence-corrected chi connectivity index (χ3v) is 4.39. The number of carbonyl (C=O) groups is 1. The van der Waals surface area contributed by atoms with Gasteiger partial charge < -0.3 is 14.0 Å². The van der Waals surface area contributed by atoms with Gasteiger partial charge in [0.1, 0.15) is 18.2 Å². The van der Waals surface area contributed by atoms with E-state index in [4.69, 9.17) is 4.52 Å². The number of amides is 1. The Morgan fingerprint density at radius 2 is 2.07 bits per heavy atom. The van der Waals surface area contributed by atoms with E-state index in [0.29, 0.717) is 11.1 Å². The van der Waals surface area contributed by atoms with Gasteiger partial charge in [0.2, 0.25) is 17.6 Å². The van der Waals surface area contributed by atoms with Crippen LogP contribution < -0.4 is 0 Å². The average molecular weight is 425 g/mol. The quantitative estimate of drug-likeness (QED) is 0.542. The molecular formula is C19H19F4N5O2. The average Bonchev–Trinajstić information content (AvgIpc) is 3.30. The van der Waals surface area contributed by atoms with Crippen LogP contribution in [0.25, 0.3) is 11.4 Å². The van der Waals surface area contributed by atoms with E-state index in [1.54, 1.807) is 13.0 Å². The van der Waals surface area contributed by atoms with Crippen molar-refractivity contribution in [1.82, 2.24) is 24.6 Å². The van der Waals surface area contributed by atoms with Crippen molar-refractivity contribution in [3.8, 4) is 11.4 Å². The number of aromatic nitrogens is 4. The van der Waals surface area contributed by atoms with Crippen LogP contribution in [0.2, 0.25) is 0 Å². The Labute approximate surface area is 169 Å². The van der Waals surface area contributed by atoms with Crippen LogP contribution in [-0.2, 0) is 24.3 Å². The molecule has 2 heterocycles. The summed E-state index contributed by atoms with van der Waals surface area (Å²) >= 11 is 0. The Kier molecular flexibility index (Phi) is 6.18. The van der Waals surface area contributed by atoms with Gasteiger partial charge in [-0.1, -0.05) is 5.16 Å². The van der Waals surface area contributed by atoms with Gasteiger partial charge in [0.15, 0.2) is 0 Å². The molecule has 0 aliphatic carbocycles. The molecule has 1 amide bonds. The number of halogens is 4. The minimum atomic E-state index is -4.38. The van der Waals surface area contributed by atoms with Crippen molar-refractivity contribution >= 4 is 5.91 Å². The molecule has 2 aromatic heterocycles. The molecule has 0 radical (unpaired) electrons. The van der Waals surface area contributed by atoms with Crippen LogP contribution in [0, 0.1) is 12.7 Å². The standard InChI is InChI=1S/C19H19F4N5O2/c1-12-9-13(3-4-14(12)20)18-25-16(30-26-18)5-6-17(29)27(2)10-15-24-7-8-28(15)11-19(21,22)23/h3-4,7-9H,5-6,10-11H2,1-2H3. The van der Waals surface area contributed by atoms with Crippen LogP contribution in [-0.4, -0.2) is 43.7 Å². The molecule has 7 nitrogen and oxygen atoms in total. The van der Waals surface area contributed by atoms with E-state index < -0.39 is 12.7 Å². The molecule has 0 N–H and O–H groups in total.